The fraction of sp³-hybridized carbons (Fsp3) is 0.269. The van der Waals surface area contributed by atoms with Crippen LogP contribution in [0.25, 0.3) is 0 Å². The Balaban J connectivity index is 1.53. The Bertz CT molecular complexity index is 1170. The zero-order valence-corrected chi connectivity index (χ0v) is 18.4. The summed E-state index contributed by atoms with van der Waals surface area (Å²) in [6.07, 6.45) is 1.50. The number of carbonyl (C=O) groups is 1. The van der Waals surface area contributed by atoms with Crippen molar-refractivity contribution >= 4 is 5.91 Å². The second-order valence-electron chi connectivity index (χ2n) is 8.36. The molecule has 1 atom stereocenters. The summed E-state index contributed by atoms with van der Waals surface area (Å²) >= 11 is 0. The van der Waals surface area contributed by atoms with E-state index in [1.54, 1.807) is 12.0 Å². The van der Waals surface area contributed by atoms with E-state index in [0.29, 0.717) is 24.2 Å². The summed E-state index contributed by atoms with van der Waals surface area (Å²) in [5.41, 5.74) is 0.695. The minimum absolute atomic E-state index is 0.0797. The molecule has 3 aromatic carbocycles. The van der Waals surface area contributed by atoms with E-state index < -0.39 is 29.1 Å². The fourth-order valence-electron chi connectivity index (χ4n) is 4.42. The van der Waals surface area contributed by atoms with Gasteiger partial charge in [-0.1, -0.05) is 0 Å². The highest BCUT2D eigenvalue weighted by atomic mass is 19.1. The van der Waals surface area contributed by atoms with E-state index in [-0.39, 0.29) is 23.2 Å². The maximum atomic E-state index is 15.1. The van der Waals surface area contributed by atoms with Gasteiger partial charge in [0.25, 0.3) is 5.91 Å². The number of carbonyl (C=O) groups excluding carboxylic acids is 1. The molecule has 1 unspecified atom stereocenters. The van der Waals surface area contributed by atoms with E-state index in [9.17, 15) is 13.6 Å². The highest BCUT2D eigenvalue weighted by Crippen LogP contribution is 2.48. The zero-order chi connectivity index (χ0) is 23.9. The summed E-state index contributed by atoms with van der Waals surface area (Å²) in [6.45, 7) is 0.875. The number of nitrogens with zero attached hydrogens (tertiary/aromatic N) is 1. The second kappa shape index (κ2) is 8.68. The number of ether oxygens (including phenoxy) is 3. The molecule has 5 rings (SSSR count). The maximum absolute atomic E-state index is 15.1. The Morgan fingerprint density at radius 2 is 1.50 bits per heavy atom. The van der Waals surface area contributed by atoms with Crippen LogP contribution in [0.2, 0.25) is 0 Å². The average Bonchev–Trinajstić information content (AvgIpc) is 3.23. The average molecular weight is 469 g/mol. The fourth-order valence-corrected chi connectivity index (χ4v) is 4.42. The molecule has 0 bridgehead atoms. The van der Waals surface area contributed by atoms with E-state index in [1.165, 1.54) is 54.6 Å². The molecule has 1 fully saturated rings. The van der Waals surface area contributed by atoms with Gasteiger partial charge in [-0.25, -0.2) is 13.2 Å². The van der Waals surface area contributed by atoms with E-state index in [1.807, 2.05) is 0 Å². The van der Waals surface area contributed by atoms with Gasteiger partial charge in [0.15, 0.2) is 11.5 Å². The normalized spacial score (nSPS) is 18.7. The van der Waals surface area contributed by atoms with Gasteiger partial charge in [-0.3, -0.25) is 4.79 Å². The van der Waals surface area contributed by atoms with Gasteiger partial charge in [0.05, 0.1) is 11.7 Å². The summed E-state index contributed by atoms with van der Waals surface area (Å²) in [7, 11) is 1.59. The predicted octanol–water partition coefficient (Wildman–Crippen LogP) is 5.03. The van der Waals surface area contributed by atoms with Crippen molar-refractivity contribution in [3.63, 3.8) is 0 Å². The number of rotatable bonds is 4. The first-order valence-corrected chi connectivity index (χ1v) is 11.0. The standard InChI is InChI=1S/C26H22F3NO4/c1-32-20-3-2-12-30(15-20)25(31)21-13-23-24(14-22(21)29)34-26(33-23,16-4-8-18(27)9-5-16)17-6-10-19(28)11-7-17/h4-11,13-14,20H,2-3,12,15H2,1H3. The number of halogens is 3. The summed E-state index contributed by atoms with van der Waals surface area (Å²) in [6, 6.07) is 13.3. The van der Waals surface area contributed by atoms with Gasteiger partial charge in [0.1, 0.15) is 17.5 Å². The van der Waals surface area contributed by atoms with E-state index >= 15 is 4.39 Å². The number of piperidine rings is 1. The highest BCUT2D eigenvalue weighted by Gasteiger charge is 2.46. The Labute approximate surface area is 194 Å². The number of benzene rings is 3. The third-order valence-electron chi connectivity index (χ3n) is 6.22. The van der Waals surface area contributed by atoms with Gasteiger partial charge in [-0.05, 0) is 67.4 Å². The van der Waals surface area contributed by atoms with Crippen molar-refractivity contribution in [2.45, 2.75) is 24.7 Å². The zero-order valence-electron chi connectivity index (χ0n) is 18.4. The van der Waals surface area contributed by atoms with Crippen LogP contribution in [0.5, 0.6) is 11.5 Å². The van der Waals surface area contributed by atoms with Crippen molar-refractivity contribution in [3.05, 3.63) is 94.8 Å². The lowest BCUT2D eigenvalue weighted by Crippen LogP contribution is -2.43. The third kappa shape index (κ3) is 3.88. The Kier molecular flexibility index (Phi) is 5.69. The maximum Gasteiger partial charge on any atom is 0.305 e. The van der Waals surface area contributed by atoms with E-state index in [2.05, 4.69) is 0 Å². The quantitative estimate of drug-likeness (QED) is 0.538. The first-order valence-electron chi connectivity index (χ1n) is 11.0. The minimum atomic E-state index is -1.61. The lowest BCUT2D eigenvalue weighted by atomic mass is 9.97. The minimum Gasteiger partial charge on any atom is -0.440 e. The van der Waals surface area contributed by atoms with Crippen LogP contribution in [0.3, 0.4) is 0 Å². The number of fused-ring (bicyclic) bond motifs is 1. The van der Waals surface area contributed by atoms with Crippen molar-refractivity contribution in [1.29, 1.82) is 0 Å². The predicted molar refractivity (Wildman–Crippen MR) is 117 cm³/mol. The topological polar surface area (TPSA) is 48.0 Å². The second-order valence-corrected chi connectivity index (χ2v) is 8.36. The van der Waals surface area contributed by atoms with Gasteiger partial charge in [0, 0.05) is 37.4 Å². The first-order chi connectivity index (χ1) is 16.4. The largest absolute Gasteiger partial charge is 0.440 e. The monoisotopic (exact) mass is 469 g/mol. The molecule has 0 N–H and O–H groups in total. The van der Waals surface area contributed by atoms with Crippen LogP contribution in [0.1, 0.15) is 34.3 Å². The summed E-state index contributed by atoms with van der Waals surface area (Å²) in [5, 5.41) is 0. The Morgan fingerprint density at radius 3 is 2.06 bits per heavy atom. The number of methoxy groups -OCH3 is 1. The number of likely N-dealkylation sites (tertiary alicyclic amines) is 1. The molecule has 3 aromatic rings. The summed E-state index contributed by atoms with van der Waals surface area (Å²) in [5.74, 6) is -3.50. The number of hydrogen-bond donors (Lipinski definition) is 0. The molecule has 5 nitrogen and oxygen atoms in total. The Hall–Kier alpha value is -3.52. The molecule has 0 radical (unpaired) electrons. The van der Waals surface area contributed by atoms with Crippen LogP contribution in [0.15, 0.2) is 60.7 Å². The van der Waals surface area contributed by atoms with Crippen molar-refractivity contribution in [2.75, 3.05) is 20.2 Å². The van der Waals surface area contributed by atoms with Crippen LogP contribution in [0.4, 0.5) is 13.2 Å². The lowest BCUT2D eigenvalue weighted by molar-refractivity contribution is -0.0460. The highest BCUT2D eigenvalue weighted by molar-refractivity contribution is 5.95. The van der Waals surface area contributed by atoms with E-state index in [4.69, 9.17) is 14.2 Å². The van der Waals surface area contributed by atoms with Crippen LogP contribution in [0, 0.1) is 17.5 Å². The molecule has 8 heteroatoms. The molecule has 1 saturated heterocycles. The van der Waals surface area contributed by atoms with Gasteiger partial charge in [-0.15, -0.1) is 0 Å². The van der Waals surface area contributed by atoms with E-state index in [0.717, 1.165) is 18.9 Å². The molecule has 176 valence electrons. The van der Waals surface area contributed by atoms with Crippen molar-refractivity contribution in [1.82, 2.24) is 4.90 Å². The molecule has 1 amide bonds. The smallest absolute Gasteiger partial charge is 0.305 e. The molecular weight excluding hydrogens is 447 g/mol. The van der Waals surface area contributed by atoms with Crippen molar-refractivity contribution in [2.24, 2.45) is 0 Å². The van der Waals surface area contributed by atoms with Crippen molar-refractivity contribution in [3.8, 4) is 11.5 Å². The number of amides is 1. The lowest BCUT2D eigenvalue weighted by Gasteiger charge is -2.32. The van der Waals surface area contributed by atoms with Crippen LogP contribution in [-0.2, 0) is 10.5 Å². The Morgan fingerprint density at radius 1 is 0.941 bits per heavy atom. The molecule has 2 heterocycles. The van der Waals surface area contributed by atoms with Crippen LogP contribution < -0.4 is 9.47 Å². The molecule has 34 heavy (non-hydrogen) atoms. The van der Waals surface area contributed by atoms with Gasteiger partial charge >= 0.3 is 5.79 Å². The molecule has 0 saturated carbocycles. The van der Waals surface area contributed by atoms with Gasteiger partial charge in [0.2, 0.25) is 0 Å². The van der Waals surface area contributed by atoms with Gasteiger partial charge < -0.3 is 19.1 Å². The van der Waals surface area contributed by atoms with Crippen LogP contribution in [-0.4, -0.2) is 37.1 Å². The summed E-state index contributed by atoms with van der Waals surface area (Å²) < 4.78 is 59.9. The molecular formula is C26H22F3NO4. The molecule has 2 aliphatic rings. The molecule has 0 spiro atoms. The van der Waals surface area contributed by atoms with Gasteiger partial charge in [-0.2, -0.15) is 0 Å². The molecule has 0 aromatic heterocycles. The van der Waals surface area contributed by atoms with Crippen LogP contribution >= 0.6 is 0 Å². The molecule has 2 aliphatic heterocycles. The number of hydrogen-bond acceptors (Lipinski definition) is 4. The summed E-state index contributed by atoms with van der Waals surface area (Å²) in [4.78, 5) is 14.7. The first kappa shape index (κ1) is 22.3. The molecule has 0 aliphatic carbocycles. The SMILES string of the molecule is COC1CCCN(C(=O)c2cc3c(cc2F)OC(c2ccc(F)cc2)(c2ccc(F)cc2)O3)C1. The third-order valence-corrected chi connectivity index (χ3v) is 6.22. The van der Waals surface area contributed by atoms with Crippen molar-refractivity contribution < 1.29 is 32.2 Å².